The van der Waals surface area contributed by atoms with Gasteiger partial charge in [0, 0.05) is 6.54 Å². The second-order valence-corrected chi connectivity index (χ2v) is 10.6. The highest BCUT2D eigenvalue weighted by molar-refractivity contribution is 6.76. The predicted molar refractivity (Wildman–Crippen MR) is 58.2 cm³/mol. The first kappa shape index (κ1) is 10.0. The highest BCUT2D eigenvalue weighted by Gasteiger charge is 2.20. The van der Waals surface area contributed by atoms with Crippen molar-refractivity contribution in [3.05, 3.63) is 12.2 Å². The minimum absolute atomic E-state index is 0.889. The number of hydrogen-bond donors (Lipinski definition) is 0. The standard InChI is InChI=1S/C10H21NSi/c1-10-6-5-7-11(8-10)9-12(2,3)4/h1,5-9H2,2-4H3. The molecule has 1 saturated heterocycles. The van der Waals surface area contributed by atoms with Crippen molar-refractivity contribution in [3.8, 4) is 0 Å². The number of piperidine rings is 1. The topological polar surface area (TPSA) is 3.24 Å². The highest BCUT2D eigenvalue weighted by Crippen LogP contribution is 2.15. The zero-order valence-electron chi connectivity index (χ0n) is 8.69. The Kier molecular flexibility index (Phi) is 3.13. The van der Waals surface area contributed by atoms with E-state index in [-0.39, 0.29) is 0 Å². The van der Waals surface area contributed by atoms with E-state index in [1.807, 2.05) is 0 Å². The molecule has 0 aromatic carbocycles. The van der Waals surface area contributed by atoms with Crippen LogP contribution < -0.4 is 0 Å². The molecule has 1 aliphatic rings. The van der Waals surface area contributed by atoms with Crippen molar-refractivity contribution in [2.24, 2.45) is 0 Å². The maximum absolute atomic E-state index is 4.07. The van der Waals surface area contributed by atoms with Gasteiger partial charge in [-0.1, -0.05) is 31.8 Å². The van der Waals surface area contributed by atoms with Crippen LogP contribution >= 0.6 is 0 Å². The fourth-order valence-corrected chi connectivity index (χ4v) is 3.44. The molecule has 0 bridgehead atoms. The van der Waals surface area contributed by atoms with Crippen LogP contribution in [-0.4, -0.2) is 32.2 Å². The van der Waals surface area contributed by atoms with Gasteiger partial charge in [-0.2, -0.15) is 0 Å². The zero-order valence-corrected chi connectivity index (χ0v) is 9.69. The Bertz CT molecular complexity index is 169. The summed E-state index contributed by atoms with van der Waals surface area (Å²) in [5, 5.41) is 0. The summed E-state index contributed by atoms with van der Waals surface area (Å²) in [6.07, 6.45) is 3.91. The van der Waals surface area contributed by atoms with Crippen molar-refractivity contribution in [1.82, 2.24) is 4.90 Å². The molecule has 2 heteroatoms. The fourth-order valence-electron chi connectivity index (χ4n) is 1.83. The molecule has 0 unspecified atom stereocenters. The molecule has 0 atom stereocenters. The molecule has 0 aromatic rings. The minimum Gasteiger partial charge on any atom is -0.302 e. The Morgan fingerprint density at radius 1 is 1.42 bits per heavy atom. The van der Waals surface area contributed by atoms with Gasteiger partial charge in [0.1, 0.15) is 0 Å². The summed E-state index contributed by atoms with van der Waals surface area (Å²) < 4.78 is 0. The lowest BCUT2D eigenvalue weighted by atomic mass is 10.1. The van der Waals surface area contributed by atoms with Gasteiger partial charge in [0.2, 0.25) is 0 Å². The van der Waals surface area contributed by atoms with Crippen molar-refractivity contribution in [3.63, 3.8) is 0 Å². The number of hydrogen-bond acceptors (Lipinski definition) is 1. The molecule has 1 fully saturated rings. The Hall–Kier alpha value is -0.0831. The molecule has 0 radical (unpaired) electrons. The third-order valence-corrected chi connectivity index (χ3v) is 3.55. The first-order chi connectivity index (χ1) is 5.47. The smallest absolute Gasteiger partial charge is 0.0599 e. The molecule has 0 aromatic heterocycles. The van der Waals surface area contributed by atoms with Crippen LogP contribution in [-0.2, 0) is 0 Å². The van der Waals surface area contributed by atoms with E-state index < -0.39 is 8.07 Å². The monoisotopic (exact) mass is 183 g/mol. The third kappa shape index (κ3) is 3.54. The van der Waals surface area contributed by atoms with Crippen LogP contribution in [0.15, 0.2) is 12.2 Å². The molecule has 70 valence electrons. The summed E-state index contributed by atoms with van der Waals surface area (Å²) in [7, 11) is -0.889. The average molecular weight is 183 g/mol. The molecule has 0 N–H and O–H groups in total. The zero-order chi connectivity index (χ0) is 9.19. The summed E-state index contributed by atoms with van der Waals surface area (Å²) in [5.74, 6) is 0. The van der Waals surface area contributed by atoms with Crippen molar-refractivity contribution in [2.45, 2.75) is 32.5 Å². The SMILES string of the molecule is C=C1CCCN(C[Si](C)(C)C)C1. The molecule has 1 aliphatic heterocycles. The Morgan fingerprint density at radius 3 is 2.58 bits per heavy atom. The molecule has 1 nitrogen and oxygen atoms in total. The lowest BCUT2D eigenvalue weighted by Gasteiger charge is -2.32. The van der Waals surface area contributed by atoms with Crippen LogP contribution in [0.25, 0.3) is 0 Å². The molecule has 0 amide bonds. The maximum atomic E-state index is 4.07. The van der Waals surface area contributed by atoms with Crippen molar-refractivity contribution >= 4 is 8.07 Å². The Balaban J connectivity index is 2.37. The Morgan fingerprint density at radius 2 is 2.08 bits per heavy atom. The van der Waals surface area contributed by atoms with Gasteiger partial charge in [-0.15, -0.1) is 0 Å². The first-order valence-corrected chi connectivity index (χ1v) is 8.57. The van der Waals surface area contributed by atoms with E-state index in [1.54, 1.807) is 0 Å². The number of rotatable bonds is 2. The summed E-state index contributed by atoms with van der Waals surface area (Å²) in [6, 6.07) is 0. The van der Waals surface area contributed by atoms with E-state index in [0.29, 0.717) is 0 Å². The van der Waals surface area contributed by atoms with Gasteiger partial charge in [-0.3, -0.25) is 0 Å². The average Bonchev–Trinajstić information content (AvgIpc) is 1.82. The quantitative estimate of drug-likeness (QED) is 0.470. The molecule has 12 heavy (non-hydrogen) atoms. The lowest BCUT2D eigenvalue weighted by Crippen LogP contribution is -2.43. The fraction of sp³-hybridized carbons (Fsp3) is 0.800. The molecule has 0 aliphatic carbocycles. The van der Waals surface area contributed by atoms with Crippen molar-refractivity contribution in [1.29, 1.82) is 0 Å². The summed E-state index contributed by atoms with van der Waals surface area (Å²) in [5.41, 5.74) is 1.43. The first-order valence-electron chi connectivity index (χ1n) is 4.86. The van der Waals surface area contributed by atoms with Crippen molar-refractivity contribution in [2.75, 3.05) is 19.3 Å². The van der Waals surface area contributed by atoms with Crippen LogP contribution in [0.3, 0.4) is 0 Å². The normalized spacial score (nSPS) is 21.4. The number of likely N-dealkylation sites (tertiary alicyclic amines) is 1. The van der Waals surface area contributed by atoms with Crippen LogP contribution in [0.1, 0.15) is 12.8 Å². The van der Waals surface area contributed by atoms with E-state index in [0.717, 1.165) is 6.54 Å². The summed E-state index contributed by atoms with van der Waals surface area (Å²) in [6.45, 7) is 13.8. The van der Waals surface area contributed by atoms with Gasteiger partial charge in [-0.25, -0.2) is 0 Å². The molecule has 1 heterocycles. The molecule has 0 spiro atoms. The van der Waals surface area contributed by atoms with E-state index in [4.69, 9.17) is 0 Å². The lowest BCUT2D eigenvalue weighted by molar-refractivity contribution is 0.302. The van der Waals surface area contributed by atoms with Crippen LogP contribution in [0.5, 0.6) is 0 Å². The highest BCUT2D eigenvalue weighted by atomic mass is 28.3. The number of nitrogens with zero attached hydrogens (tertiary/aromatic N) is 1. The summed E-state index contributed by atoms with van der Waals surface area (Å²) >= 11 is 0. The predicted octanol–water partition coefficient (Wildman–Crippen LogP) is 2.52. The Labute approximate surface area is 77.5 Å². The molecule has 1 rings (SSSR count). The van der Waals surface area contributed by atoms with Gasteiger partial charge in [0.15, 0.2) is 0 Å². The van der Waals surface area contributed by atoms with Crippen LogP contribution in [0.4, 0.5) is 0 Å². The van der Waals surface area contributed by atoms with Gasteiger partial charge >= 0.3 is 0 Å². The van der Waals surface area contributed by atoms with E-state index in [2.05, 4.69) is 31.1 Å². The van der Waals surface area contributed by atoms with E-state index in [1.165, 1.54) is 31.1 Å². The molecular weight excluding hydrogens is 162 g/mol. The molecule has 0 saturated carbocycles. The van der Waals surface area contributed by atoms with Crippen molar-refractivity contribution < 1.29 is 0 Å². The molecular formula is C10H21NSi. The van der Waals surface area contributed by atoms with Gasteiger partial charge < -0.3 is 4.90 Å². The summed E-state index contributed by atoms with van der Waals surface area (Å²) in [4.78, 5) is 2.58. The largest absolute Gasteiger partial charge is 0.302 e. The third-order valence-electron chi connectivity index (χ3n) is 2.15. The maximum Gasteiger partial charge on any atom is 0.0599 e. The second-order valence-electron chi connectivity index (χ2n) is 5.12. The van der Waals surface area contributed by atoms with Gasteiger partial charge in [-0.05, 0) is 25.6 Å². The second kappa shape index (κ2) is 3.75. The van der Waals surface area contributed by atoms with Gasteiger partial charge in [0.25, 0.3) is 0 Å². The van der Waals surface area contributed by atoms with Crippen LogP contribution in [0.2, 0.25) is 19.6 Å². The van der Waals surface area contributed by atoms with E-state index >= 15 is 0 Å². The van der Waals surface area contributed by atoms with Crippen LogP contribution in [0, 0.1) is 0 Å². The van der Waals surface area contributed by atoms with Gasteiger partial charge in [0.05, 0.1) is 8.07 Å². The van der Waals surface area contributed by atoms with E-state index in [9.17, 15) is 0 Å². The minimum atomic E-state index is -0.889.